The summed E-state index contributed by atoms with van der Waals surface area (Å²) in [6.07, 6.45) is 4.96. The van der Waals surface area contributed by atoms with Crippen molar-refractivity contribution in [3.63, 3.8) is 0 Å². The number of rotatable bonds is 4. The van der Waals surface area contributed by atoms with Gasteiger partial charge in [-0.05, 0) is 42.2 Å². The van der Waals surface area contributed by atoms with Crippen molar-refractivity contribution < 1.29 is 9.59 Å². The molecule has 0 saturated carbocycles. The lowest BCUT2D eigenvalue weighted by Gasteiger charge is -2.39. The summed E-state index contributed by atoms with van der Waals surface area (Å²) in [5.41, 5.74) is 5.34. The summed E-state index contributed by atoms with van der Waals surface area (Å²) in [6, 6.07) is 22.1. The average molecular weight is 547 g/mol. The van der Waals surface area contributed by atoms with E-state index in [9.17, 15) is 9.59 Å². The van der Waals surface area contributed by atoms with Gasteiger partial charge in [0.1, 0.15) is 5.82 Å². The fourth-order valence-electron chi connectivity index (χ4n) is 7.01. The summed E-state index contributed by atoms with van der Waals surface area (Å²) in [4.78, 5) is 38.4. The number of anilines is 2. The van der Waals surface area contributed by atoms with Gasteiger partial charge in [-0.25, -0.2) is 4.98 Å². The topological polar surface area (TPSA) is 85.4 Å². The predicted octanol–water partition coefficient (Wildman–Crippen LogP) is 4.82. The van der Waals surface area contributed by atoms with Crippen molar-refractivity contribution >= 4 is 23.3 Å². The molecule has 2 aromatic carbocycles. The smallest absolute Gasteiger partial charge is 0.254 e. The average Bonchev–Trinajstić information content (AvgIpc) is 3.57. The molecule has 0 bridgehead atoms. The third-order valence-electron chi connectivity index (χ3n) is 9.11. The first-order valence-corrected chi connectivity index (χ1v) is 14.3. The van der Waals surface area contributed by atoms with E-state index in [4.69, 9.17) is 0 Å². The van der Waals surface area contributed by atoms with Gasteiger partial charge in [0.15, 0.2) is 0 Å². The zero-order valence-corrected chi connectivity index (χ0v) is 23.5. The molecule has 2 aromatic heterocycles. The van der Waals surface area contributed by atoms with E-state index in [1.54, 1.807) is 12.3 Å². The van der Waals surface area contributed by atoms with Crippen molar-refractivity contribution in [3.05, 3.63) is 107 Å². The SMILES string of the molecule is CC1(C)CN(C(=O)c2ccnc(N3CCC4(CC3)C(=O)N(Cc3ccccc3)c3ccccc34)c2)Cc2cn[nH]c21. The molecule has 1 fully saturated rings. The Morgan fingerprint density at radius 3 is 2.56 bits per heavy atom. The Kier molecular flexibility index (Phi) is 5.96. The molecule has 0 aliphatic carbocycles. The highest BCUT2D eigenvalue weighted by Gasteiger charge is 2.52. The number of nitrogens with one attached hydrogen (secondary N) is 1. The molecule has 1 spiro atoms. The molecule has 0 atom stereocenters. The van der Waals surface area contributed by atoms with Crippen molar-refractivity contribution in [3.8, 4) is 0 Å². The van der Waals surface area contributed by atoms with Crippen LogP contribution in [0.15, 0.2) is 79.1 Å². The molecule has 208 valence electrons. The summed E-state index contributed by atoms with van der Waals surface area (Å²) in [5.74, 6) is 0.967. The monoisotopic (exact) mass is 546 g/mol. The lowest BCUT2D eigenvalue weighted by molar-refractivity contribution is -0.124. The molecular weight excluding hydrogens is 512 g/mol. The maximum absolute atomic E-state index is 14.1. The van der Waals surface area contributed by atoms with E-state index in [1.807, 2.05) is 52.4 Å². The van der Waals surface area contributed by atoms with Gasteiger partial charge in [-0.2, -0.15) is 5.10 Å². The van der Waals surface area contributed by atoms with Crippen LogP contribution in [0.2, 0.25) is 0 Å². The number of H-pyrrole nitrogens is 1. The van der Waals surface area contributed by atoms with Gasteiger partial charge in [-0.15, -0.1) is 0 Å². The quantitative estimate of drug-likeness (QED) is 0.397. The highest BCUT2D eigenvalue weighted by atomic mass is 16.2. The molecule has 3 aliphatic heterocycles. The van der Waals surface area contributed by atoms with E-state index < -0.39 is 5.41 Å². The largest absolute Gasteiger partial charge is 0.357 e. The second-order valence-corrected chi connectivity index (χ2v) is 12.2. The molecule has 1 saturated heterocycles. The van der Waals surface area contributed by atoms with Crippen LogP contribution in [-0.2, 0) is 28.7 Å². The standard InChI is InChI=1S/C33H34N6O2/c1-32(2)22-38(21-25-19-35-36-29(25)32)30(40)24-12-15-34-28(18-24)37-16-13-33(14-17-37)26-10-6-7-11-27(26)39(31(33)41)20-23-8-4-3-5-9-23/h3-12,15,18-19H,13-14,16-17,20-22H2,1-2H3,(H,35,36). The van der Waals surface area contributed by atoms with Gasteiger partial charge in [0.25, 0.3) is 5.91 Å². The van der Waals surface area contributed by atoms with Crippen LogP contribution in [0.4, 0.5) is 11.5 Å². The summed E-state index contributed by atoms with van der Waals surface area (Å²) in [5, 5.41) is 7.32. The number of aromatic nitrogens is 3. The summed E-state index contributed by atoms with van der Waals surface area (Å²) >= 11 is 0. The number of hydrogen-bond donors (Lipinski definition) is 1. The minimum Gasteiger partial charge on any atom is -0.357 e. The van der Waals surface area contributed by atoms with Crippen molar-refractivity contribution in [2.75, 3.05) is 29.4 Å². The summed E-state index contributed by atoms with van der Waals surface area (Å²) in [7, 11) is 0. The highest BCUT2D eigenvalue weighted by molar-refractivity contribution is 6.08. The third-order valence-corrected chi connectivity index (χ3v) is 9.11. The maximum Gasteiger partial charge on any atom is 0.254 e. The molecule has 8 heteroatoms. The number of aromatic amines is 1. The van der Waals surface area contributed by atoms with Crippen LogP contribution in [-0.4, -0.2) is 51.5 Å². The Labute approximate surface area is 240 Å². The van der Waals surface area contributed by atoms with Crippen molar-refractivity contribution in [1.29, 1.82) is 0 Å². The number of pyridine rings is 1. The van der Waals surface area contributed by atoms with Gasteiger partial charge in [0.2, 0.25) is 5.91 Å². The van der Waals surface area contributed by atoms with E-state index in [0.29, 0.717) is 51.1 Å². The van der Waals surface area contributed by atoms with Crippen LogP contribution in [0.3, 0.4) is 0 Å². The number of carbonyl (C=O) groups excluding carboxylic acids is 2. The number of para-hydroxylation sites is 1. The number of amides is 2. The number of piperidine rings is 1. The van der Waals surface area contributed by atoms with Gasteiger partial charge >= 0.3 is 0 Å². The Bertz CT molecular complexity index is 1620. The Balaban J connectivity index is 1.10. The fourth-order valence-corrected chi connectivity index (χ4v) is 7.01. The molecule has 7 rings (SSSR count). The van der Waals surface area contributed by atoms with Crippen molar-refractivity contribution in [2.24, 2.45) is 0 Å². The van der Waals surface area contributed by atoms with Crippen LogP contribution in [0.1, 0.15) is 59.4 Å². The van der Waals surface area contributed by atoms with E-state index in [1.165, 1.54) is 0 Å². The normalized spacial score (nSPS) is 18.9. The maximum atomic E-state index is 14.1. The third kappa shape index (κ3) is 4.20. The first-order chi connectivity index (χ1) is 19.9. The molecule has 8 nitrogen and oxygen atoms in total. The van der Waals surface area contributed by atoms with E-state index >= 15 is 0 Å². The predicted molar refractivity (Wildman–Crippen MR) is 158 cm³/mol. The Morgan fingerprint density at radius 2 is 1.76 bits per heavy atom. The minimum atomic E-state index is -0.531. The molecule has 2 amide bonds. The van der Waals surface area contributed by atoms with Crippen LogP contribution < -0.4 is 9.80 Å². The van der Waals surface area contributed by atoms with E-state index in [-0.39, 0.29) is 17.2 Å². The summed E-state index contributed by atoms with van der Waals surface area (Å²) in [6.45, 7) is 7.38. The molecule has 41 heavy (non-hydrogen) atoms. The Morgan fingerprint density at radius 1 is 1.00 bits per heavy atom. The second-order valence-electron chi connectivity index (χ2n) is 12.2. The molecule has 4 aromatic rings. The number of hydrogen-bond acceptors (Lipinski definition) is 5. The zero-order valence-electron chi connectivity index (χ0n) is 23.5. The number of carbonyl (C=O) groups is 2. The van der Waals surface area contributed by atoms with Gasteiger partial charge in [-0.1, -0.05) is 62.4 Å². The minimum absolute atomic E-state index is 0.00138. The first kappa shape index (κ1) is 25.5. The summed E-state index contributed by atoms with van der Waals surface area (Å²) < 4.78 is 0. The lowest BCUT2D eigenvalue weighted by Crippen LogP contribution is -2.49. The van der Waals surface area contributed by atoms with Crippen molar-refractivity contribution in [2.45, 2.75) is 50.6 Å². The van der Waals surface area contributed by atoms with Crippen molar-refractivity contribution in [1.82, 2.24) is 20.1 Å². The number of nitrogens with zero attached hydrogens (tertiary/aromatic N) is 5. The number of benzene rings is 2. The zero-order chi connectivity index (χ0) is 28.2. The second kappa shape index (κ2) is 9.58. The van der Waals surface area contributed by atoms with Crippen LogP contribution in [0, 0.1) is 0 Å². The van der Waals surface area contributed by atoms with Crippen LogP contribution in [0.25, 0.3) is 0 Å². The molecule has 0 unspecified atom stereocenters. The van der Waals surface area contributed by atoms with Gasteiger partial charge < -0.3 is 14.7 Å². The van der Waals surface area contributed by atoms with Gasteiger partial charge in [0.05, 0.1) is 18.2 Å². The van der Waals surface area contributed by atoms with E-state index in [2.05, 4.69) is 58.2 Å². The number of fused-ring (bicyclic) bond motifs is 3. The molecule has 1 N–H and O–H groups in total. The van der Waals surface area contributed by atoms with Crippen LogP contribution >= 0.6 is 0 Å². The molecular formula is C33H34N6O2. The first-order valence-electron chi connectivity index (χ1n) is 14.3. The molecule has 3 aliphatic rings. The van der Waals surface area contributed by atoms with Gasteiger partial charge in [0, 0.05) is 60.3 Å². The lowest BCUT2D eigenvalue weighted by atomic mass is 9.73. The fraction of sp³-hybridized carbons (Fsp3) is 0.333. The Hall–Kier alpha value is -4.46. The van der Waals surface area contributed by atoms with E-state index in [0.717, 1.165) is 33.9 Å². The molecule has 0 radical (unpaired) electrons. The highest BCUT2D eigenvalue weighted by Crippen LogP contribution is 2.48. The molecule has 5 heterocycles. The van der Waals surface area contributed by atoms with Crippen LogP contribution in [0.5, 0.6) is 0 Å². The van der Waals surface area contributed by atoms with Gasteiger partial charge in [-0.3, -0.25) is 14.7 Å².